The average Bonchev–Trinajstić information content (AvgIpc) is 3.01. The van der Waals surface area contributed by atoms with E-state index in [1.165, 1.54) is 7.11 Å². The second kappa shape index (κ2) is 11.1. The lowest BCUT2D eigenvalue weighted by Crippen LogP contribution is -2.83. The zero-order valence-electron chi connectivity index (χ0n) is 19.4. The van der Waals surface area contributed by atoms with E-state index in [1.54, 1.807) is 20.8 Å². The quantitative estimate of drug-likeness (QED) is 0.616. The Bertz CT molecular complexity index is 858. The van der Waals surface area contributed by atoms with Gasteiger partial charge >= 0.3 is 6.09 Å². The van der Waals surface area contributed by atoms with Gasteiger partial charge in [-0.2, -0.15) is 5.10 Å². The zero-order valence-corrected chi connectivity index (χ0v) is 19.4. The van der Waals surface area contributed by atoms with Crippen LogP contribution in [-0.2, 0) is 27.9 Å². The van der Waals surface area contributed by atoms with Gasteiger partial charge in [-0.05, 0) is 39.3 Å². The molecule has 2 N–H and O–H groups in total. The Hall–Kier alpha value is -2.71. The van der Waals surface area contributed by atoms with E-state index >= 15 is 0 Å². The number of ether oxygens (including phenoxy) is 2. The van der Waals surface area contributed by atoms with Gasteiger partial charge in [0.25, 0.3) is 5.91 Å². The summed E-state index contributed by atoms with van der Waals surface area (Å²) in [6.45, 7) is 9.09. The minimum atomic E-state index is -0.866. The van der Waals surface area contributed by atoms with Crippen LogP contribution in [0, 0.1) is 6.92 Å². The summed E-state index contributed by atoms with van der Waals surface area (Å²) >= 11 is 0. The molecule has 0 saturated heterocycles. The van der Waals surface area contributed by atoms with E-state index in [-0.39, 0.29) is 6.54 Å². The van der Waals surface area contributed by atoms with Crippen LogP contribution >= 0.6 is 0 Å². The SMILES string of the molecule is CO[C@H](C(=O)N(CCC[NH2+]Cc1cc(C)nn1C)C(=O)OC(C)(C)C)c1ccccc1. The molecule has 0 radical (unpaired) electrons. The highest BCUT2D eigenvalue weighted by Crippen LogP contribution is 2.21. The number of quaternary nitrogens is 1. The van der Waals surface area contributed by atoms with E-state index in [1.807, 2.05) is 49.0 Å². The van der Waals surface area contributed by atoms with Crippen molar-refractivity contribution in [2.45, 2.75) is 52.4 Å². The molecule has 1 aromatic carbocycles. The van der Waals surface area contributed by atoms with Crippen LogP contribution in [0.25, 0.3) is 0 Å². The van der Waals surface area contributed by atoms with E-state index in [0.717, 1.165) is 29.4 Å². The predicted octanol–water partition coefficient (Wildman–Crippen LogP) is 2.33. The van der Waals surface area contributed by atoms with Crippen LogP contribution in [0.2, 0.25) is 0 Å². The average molecular weight is 432 g/mol. The number of nitrogens with zero attached hydrogens (tertiary/aromatic N) is 3. The Labute approximate surface area is 184 Å². The number of methoxy groups -OCH3 is 1. The van der Waals surface area contributed by atoms with Gasteiger partial charge in [-0.1, -0.05) is 30.3 Å². The molecule has 0 fully saturated rings. The number of aryl methyl sites for hydroxylation is 2. The maximum Gasteiger partial charge on any atom is 0.417 e. The summed E-state index contributed by atoms with van der Waals surface area (Å²) in [6.07, 6.45) is -0.889. The minimum absolute atomic E-state index is 0.251. The van der Waals surface area contributed by atoms with Gasteiger partial charge in [0.15, 0.2) is 6.10 Å². The van der Waals surface area contributed by atoms with E-state index < -0.39 is 23.7 Å². The number of nitrogens with two attached hydrogens (primary N) is 1. The number of benzene rings is 1. The number of carbonyl (C=O) groups excluding carboxylic acids is 2. The fourth-order valence-corrected chi connectivity index (χ4v) is 3.26. The van der Waals surface area contributed by atoms with Crippen molar-refractivity contribution in [2.75, 3.05) is 20.2 Å². The highest BCUT2D eigenvalue weighted by Gasteiger charge is 2.33. The molecule has 2 rings (SSSR count). The van der Waals surface area contributed by atoms with Gasteiger partial charge in [-0.25, -0.2) is 9.69 Å². The van der Waals surface area contributed by atoms with E-state index in [2.05, 4.69) is 16.5 Å². The van der Waals surface area contributed by atoms with Crippen LogP contribution in [0.15, 0.2) is 36.4 Å². The first kappa shape index (κ1) is 24.6. The molecule has 1 heterocycles. The van der Waals surface area contributed by atoms with E-state index in [4.69, 9.17) is 9.47 Å². The van der Waals surface area contributed by atoms with Gasteiger partial charge in [0.1, 0.15) is 12.1 Å². The molecular formula is C23H35N4O4+. The third-order valence-electron chi connectivity index (χ3n) is 4.68. The van der Waals surface area contributed by atoms with E-state index in [9.17, 15) is 9.59 Å². The Morgan fingerprint density at radius 2 is 1.90 bits per heavy atom. The second-order valence-corrected chi connectivity index (χ2v) is 8.53. The van der Waals surface area contributed by atoms with Gasteiger partial charge in [0, 0.05) is 27.1 Å². The molecule has 31 heavy (non-hydrogen) atoms. The second-order valence-electron chi connectivity index (χ2n) is 8.53. The first-order chi connectivity index (χ1) is 14.6. The van der Waals surface area contributed by atoms with Crippen molar-refractivity contribution in [2.24, 2.45) is 7.05 Å². The van der Waals surface area contributed by atoms with Crippen LogP contribution in [-0.4, -0.2) is 52.5 Å². The molecule has 0 unspecified atom stereocenters. The summed E-state index contributed by atoms with van der Waals surface area (Å²) in [7, 11) is 3.39. The number of amides is 2. The number of hydrogen-bond acceptors (Lipinski definition) is 5. The number of hydrogen-bond donors (Lipinski definition) is 1. The van der Waals surface area contributed by atoms with Gasteiger partial charge in [0.2, 0.25) is 0 Å². The number of imide groups is 1. The number of aromatic nitrogens is 2. The third kappa shape index (κ3) is 7.48. The lowest BCUT2D eigenvalue weighted by Gasteiger charge is -2.28. The van der Waals surface area contributed by atoms with E-state index in [0.29, 0.717) is 12.0 Å². The first-order valence-electron chi connectivity index (χ1n) is 10.6. The molecule has 0 aliphatic heterocycles. The Morgan fingerprint density at radius 1 is 1.23 bits per heavy atom. The molecule has 1 aromatic heterocycles. The molecular weight excluding hydrogens is 396 g/mol. The molecule has 0 aliphatic rings. The summed E-state index contributed by atoms with van der Waals surface area (Å²) < 4.78 is 12.8. The molecule has 8 nitrogen and oxygen atoms in total. The monoisotopic (exact) mass is 431 g/mol. The van der Waals surface area contributed by atoms with Gasteiger partial charge in [0.05, 0.1) is 17.9 Å². The lowest BCUT2D eigenvalue weighted by atomic mass is 10.1. The summed E-state index contributed by atoms with van der Waals surface area (Å²) in [5.41, 5.74) is 2.11. The molecule has 2 amide bonds. The van der Waals surface area contributed by atoms with Crippen molar-refractivity contribution in [3.63, 3.8) is 0 Å². The van der Waals surface area contributed by atoms with Crippen LogP contribution in [0.4, 0.5) is 4.79 Å². The van der Waals surface area contributed by atoms with Crippen molar-refractivity contribution >= 4 is 12.0 Å². The molecule has 2 aromatic rings. The smallest absolute Gasteiger partial charge is 0.417 e. The molecule has 1 atom stereocenters. The fourth-order valence-electron chi connectivity index (χ4n) is 3.26. The summed E-state index contributed by atoms with van der Waals surface area (Å²) in [5, 5.41) is 6.48. The highest BCUT2D eigenvalue weighted by molar-refractivity contribution is 5.95. The fraction of sp³-hybridized carbons (Fsp3) is 0.522. The Morgan fingerprint density at radius 3 is 2.45 bits per heavy atom. The van der Waals surface area contributed by atoms with Crippen LogP contribution < -0.4 is 5.32 Å². The van der Waals surface area contributed by atoms with Crippen molar-refractivity contribution in [1.82, 2.24) is 14.7 Å². The molecule has 0 aliphatic carbocycles. The molecule has 170 valence electrons. The van der Waals surface area contributed by atoms with Crippen LogP contribution in [0.5, 0.6) is 0 Å². The topological polar surface area (TPSA) is 90.3 Å². The van der Waals surface area contributed by atoms with Gasteiger partial charge in [-0.3, -0.25) is 9.48 Å². The van der Waals surface area contributed by atoms with Crippen LogP contribution in [0.1, 0.15) is 50.2 Å². The molecule has 8 heteroatoms. The lowest BCUT2D eigenvalue weighted by molar-refractivity contribution is -0.671. The molecule has 0 saturated carbocycles. The molecule has 0 spiro atoms. The normalized spacial score (nSPS) is 12.5. The van der Waals surface area contributed by atoms with Gasteiger partial charge in [-0.15, -0.1) is 0 Å². The predicted molar refractivity (Wildman–Crippen MR) is 117 cm³/mol. The largest absolute Gasteiger partial charge is 0.443 e. The van der Waals surface area contributed by atoms with Crippen molar-refractivity contribution in [3.05, 3.63) is 53.3 Å². The minimum Gasteiger partial charge on any atom is -0.443 e. The Balaban J connectivity index is 2.03. The van der Waals surface area contributed by atoms with Crippen molar-refractivity contribution in [3.8, 4) is 0 Å². The highest BCUT2D eigenvalue weighted by atomic mass is 16.6. The summed E-state index contributed by atoms with van der Waals surface area (Å²) in [6, 6.07) is 11.2. The number of carbonyl (C=O) groups is 2. The third-order valence-corrected chi connectivity index (χ3v) is 4.68. The van der Waals surface area contributed by atoms with Crippen molar-refractivity contribution in [1.29, 1.82) is 0 Å². The van der Waals surface area contributed by atoms with Gasteiger partial charge < -0.3 is 14.8 Å². The van der Waals surface area contributed by atoms with Crippen molar-refractivity contribution < 1.29 is 24.4 Å². The standard InChI is InChI=1S/C23H34N4O4/c1-17-15-19(26(5)25-17)16-24-13-10-14-27(22(29)31-23(2,3)4)21(28)20(30-6)18-11-8-7-9-12-18/h7-9,11-12,15,20,24H,10,13-14,16H2,1-6H3/p+1/t20-/m0/s1. The van der Waals surface area contributed by atoms with Crippen LogP contribution in [0.3, 0.4) is 0 Å². The summed E-state index contributed by atoms with van der Waals surface area (Å²) in [5.74, 6) is -0.426. The first-order valence-corrected chi connectivity index (χ1v) is 10.6. The Kier molecular flexibility index (Phi) is 8.76. The number of rotatable bonds is 9. The summed E-state index contributed by atoms with van der Waals surface area (Å²) in [4.78, 5) is 27.2. The maximum absolute atomic E-state index is 13.2. The maximum atomic E-state index is 13.2. The zero-order chi connectivity index (χ0) is 23.0. The molecule has 0 bridgehead atoms.